The topological polar surface area (TPSA) is 78.8 Å². The summed E-state index contributed by atoms with van der Waals surface area (Å²) in [5.41, 5.74) is 4.44. The van der Waals surface area contributed by atoms with Crippen molar-refractivity contribution in [3.8, 4) is 0 Å². The third-order valence-corrected chi connectivity index (χ3v) is 6.94. The van der Waals surface area contributed by atoms with E-state index in [1.54, 1.807) is 22.9 Å². The van der Waals surface area contributed by atoms with Crippen LogP contribution in [0.25, 0.3) is 10.9 Å². The molecule has 2 aliphatic rings. The van der Waals surface area contributed by atoms with Gasteiger partial charge in [-0.2, -0.15) is 0 Å². The molecule has 0 radical (unpaired) electrons. The van der Waals surface area contributed by atoms with Crippen LogP contribution in [-0.4, -0.2) is 71.2 Å². The average molecular weight is 451 g/mol. The molecule has 0 saturated carbocycles. The highest BCUT2D eigenvalue weighted by atomic mass is 32.2. The van der Waals surface area contributed by atoms with E-state index in [2.05, 4.69) is 27.0 Å². The number of ether oxygens (including phenoxy) is 1. The van der Waals surface area contributed by atoms with E-state index in [4.69, 9.17) is 4.74 Å². The van der Waals surface area contributed by atoms with Crippen molar-refractivity contribution in [1.29, 1.82) is 0 Å². The van der Waals surface area contributed by atoms with Crippen molar-refractivity contribution >= 4 is 34.3 Å². The molecule has 1 aromatic carbocycles. The van der Waals surface area contributed by atoms with E-state index in [1.807, 2.05) is 37.7 Å². The van der Waals surface area contributed by atoms with E-state index in [1.165, 1.54) is 0 Å². The Hall–Kier alpha value is -2.68. The van der Waals surface area contributed by atoms with Gasteiger partial charge in [0.15, 0.2) is 0 Å². The van der Waals surface area contributed by atoms with Crippen LogP contribution in [0.1, 0.15) is 27.9 Å². The number of anilines is 1. The zero-order chi connectivity index (χ0) is 22.2. The molecule has 5 rings (SSSR count). The van der Waals surface area contributed by atoms with E-state index in [0.717, 1.165) is 32.7 Å². The molecule has 4 heterocycles. The smallest absolute Gasteiger partial charge is 0.257 e. The predicted molar refractivity (Wildman–Crippen MR) is 125 cm³/mol. The van der Waals surface area contributed by atoms with Gasteiger partial charge in [0.2, 0.25) is 0 Å². The van der Waals surface area contributed by atoms with Gasteiger partial charge in [-0.15, -0.1) is 11.8 Å². The second-order valence-electron chi connectivity index (χ2n) is 8.33. The molecular formula is C24H26N4O3S. The third-order valence-electron chi connectivity index (χ3n) is 6.28. The van der Waals surface area contributed by atoms with Gasteiger partial charge in [-0.05, 0) is 48.4 Å². The summed E-state index contributed by atoms with van der Waals surface area (Å²) in [4.78, 5) is 26.6. The number of aliphatic hydroxyl groups excluding tert-OH is 1. The summed E-state index contributed by atoms with van der Waals surface area (Å²) in [7, 11) is 1.98. The number of benzene rings is 1. The van der Waals surface area contributed by atoms with E-state index >= 15 is 0 Å². The number of nitrogens with zero attached hydrogens (tertiary/aromatic N) is 4. The van der Waals surface area contributed by atoms with Crippen LogP contribution in [-0.2, 0) is 11.2 Å². The van der Waals surface area contributed by atoms with Crippen molar-refractivity contribution in [1.82, 2.24) is 14.9 Å². The number of carbonyl (C=O) groups is 1. The summed E-state index contributed by atoms with van der Waals surface area (Å²) < 4.78 is 5.37. The molecule has 32 heavy (non-hydrogen) atoms. The molecule has 0 spiro atoms. The largest absolute Gasteiger partial charge is 0.389 e. The van der Waals surface area contributed by atoms with Crippen LogP contribution in [0, 0.1) is 0 Å². The van der Waals surface area contributed by atoms with Crippen molar-refractivity contribution in [2.45, 2.75) is 30.0 Å². The quantitative estimate of drug-likeness (QED) is 0.612. The first-order valence-electron chi connectivity index (χ1n) is 10.7. The number of thioether (sulfide) groups is 1. The van der Waals surface area contributed by atoms with Gasteiger partial charge in [-0.1, -0.05) is 12.1 Å². The van der Waals surface area contributed by atoms with Crippen LogP contribution in [0.4, 0.5) is 5.69 Å². The highest BCUT2D eigenvalue weighted by Crippen LogP contribution is 2.37. The van der Waals surface area contributed by atoms with Crippen molar-refractivity contribution in [3.05, 3.63) is 59.4 Å². The minimum absolute atomic E-state index is 0.0614. The lowest BCUT2D eigenvalue weighted by Gasteiger charge is -2.43. The minimum atomic E-state index is -0.679. The second-order valence-corrected chi connectivity index (χ2v) is 9.16. The maximum absolute atomic E-state index is 13.6. The van der Waals surface area contributed by atoms with E-state index in [0.29, 0.717) is 31.7 Å². The van der Waals surface area contributed by atoms with Crippen LogP contribution >= 0.6 is 11.8 Å². The Morgan fingerprint density at radius 1 is 1.28 bits per heavy atom. The summed E-state index contributed by atoms with van der Waals surface area (Å²) in [6.45, 7) is 1.22. The molecule has 1 N–H and O–H groups in total. The monoisotopic (exact) mass is 450 g/mol. The molecule has 2 aliphatic heterocycles. The van der Waals surface area contributed by atoms with Gasteiger partial charge in [0.25, 0.3) is 5.91 Å². The molecule has 0 unspecified atom stereocenters. The Kier molecular flexibility index (Phi) is 5.75. The number of aliphatic hydroxyl groups is 1. The standard InChI is InChI=1S/C24H26N4O3S/c1-27-14-28(19-7-9-31-13-20(19)29)24(30)18-11-16(10-15-5-6-21(32-2)26-12-15)17-4-3-8-25-22(17)23(18)27/h3-6,8,11-12,19-20,29H,7,9-10,13-14H2,1-2H3/t19-,20-/m0/s1. The molecule has 2 aromatic heterocycles. The molecular weight excluding hydrogens is 424 g/mol. The lowest BCUT2D eigenvalue weighted by Crippen LogP contribution is -2.56. The van der Waals surface area contributed by atoms with Gasteiger partial charge in [0.1, 0.15) is 0 Å². The van der Waals surface area contributed by atoms with Crippen molar-refractivity contribution in [3.63, 3.8) is 0 Å². The Bertz CT molecular complexity index is 1150. The maximum atomic E-state index is 13.6. The molecule has 166 valence electrons. The van der Waals surface area contributed by atoms with Crippen molar-refractivity contribution < 1.29 is 14.6 Å². The lowest BCUT2D eigenvalue weighted by atomic mass is 9.94. The number of pyridine rings is 2. The van der Waals surface area contributed by atoms with Crippen LogP contribution in [0.3, 0.4) is 0 Å². The number of fused-ring (bicyclic) bond motifs is 3. The first kappa shape index (κ1) is 21.2. The molecule has 1 amide bonds. The normalized spacial score (nSPS) is 21.2. The van der Waals surface area contributed by atoms with Gasteiger partial charge in [0, 0.05) is 31.4 Å². The summed E-state index contributed by atoms with van der Waals surface area (Å²) in [5, 5.41) is 12.5. The first-order chi connectivity index (χ1) is 15.6. The van der Waals surface area contributed by atoms with Gasteiger partial charge in [-0.25, -0.2) is 4.98 Å². The van der Waals surface area contributed by atoms with Gasteiger partial charge >= 0.3 is 0 Å². The fourth-order valence-electron chi connectivity index (χ4n) is 4.70. The van der Waals surface area contributed by atoms with E-state index < -0.39 is 6.10 Å². The molecule has 0 aliphatic carbocycles. The van der Waals surface area contributed by atoms with Gasteiger partial charge in [0.05, 0.1) is 47.2 Å². The van der Waals surface area contributed by atoms with Crippen LogP contribution in [0.15, 0.2) is 47.8 Å². The number of hydrogen-bond acceptors (Lipinski definition) is 7. The number of amides is 1. The number of aromatic nitrogens is 2. The van der Waals surface area contributed by atoms with E-state index in [9.17, 15) is 9.90 Å². The zero-order valence-electron chi connectivity index (χ0n) is 18.2. The summed E-state index contributed by atoms with van der Waals surface area (Å²) in [5.74, 6) is -0.0614. The second kappa shape index (κ2) is 8.69. The highest BCUT2D eigenvalue weighted by Gasteiger charge is 2.38. The van der Waals surface area contributed by atoms with E-state index in [-0.39, 0.29) is 18.6 Å². The number of hydrogen-bond donors (Lipinski definition) is 1. The molecule has 7 nitrogen and oxygen atoms in total. The Morgan fingerprint density at radius 2 is 2.16 bits per heavy atom. The highest BCUT2D eigenvalue weighted by molar-refractivity contribution is 7.98. The summed E-state index contributed by atoms with van der Waals surface area (Å²) >= 11 is 1.61. The molecule has 8 heteroatoms. The number of rotatable bonds is 4. The maximum Gasteiger partial charge on any atom is 0.257 e. The Labute approximate surface area is 191 Å². The fourth-order valence-corrected chi connectivity index (χ4v) is 5.06. The molecule has 2 atom stereocenters. The van der Waals surface area contributed by atoms with Crippen molar-refractivity contribution in [2.24, 2.45) is 0 Å². The minimum Gasteiger partial charge on any atom is -0.389 e. The fraction of sp³-hybridized carbons (Fsp3) is 0.375. The summed E-state index contributed by atoms with van der Waals surface area (Å²) in [6, 6.07) is 9.85. The molecule has 1 fully saturated rings. The number of carbonyl (C=O) groups excluding carboxylic acids is 1. The van der Waals surface area contributed by atoms with Gasteiger partial charge in [-0.3, -0.25) is 9.78 Å². The SMILES string of the molecule is CSc1ccc(Cc2cc3c(c4ncccc24)N(C)CN([C@H]2CCOC[C@@H]2O)C3=O)cn1. The van der Waals surface area contributed by atoms with Gasteiger partial charge < -0.3 is 19.6 Å². The Morgan fingerprint density at radius 3 is 2.91 bits per heavy atom. The molecule has 3 aromatic rings. The predicted octanol–water partition coefficient (Wildman–Crippen LogP) is 2.94. The summed E-state index contributed by atoms with van der Waals surface area (Å²) in [6.07, 6.45) is 6.28. The third kappa shape index (κ3) is 3.72. The zero-order valence-corrected chi connectivity index (χ0v) is 19.0. The average Bonchev–Trinajstić information content (AvgIpc) is 2.82. The first-order valence-corrected chi connectivity index (χ1v) is 12.0. The van der Waals surface area contributed by atoms with Crippen LogP contribution in [0.5, 0.6) is 0 Å². The Balaban J connectivity index is 1.58. The van der Waals surface area contributed by atoms with Crippen molar-refractivity contribution in [2.75, 3.05) is 38.1 Å². The molecule has 1 saturated heterocycles. The van der Waals surface area contributed by atoms with Crippen LogP contribution < -0.4 is 4.90 Å². The van der Waals surface area contributed by atoms with Crippen LogP contribution in [0.2, 0.25) is 0 Å². The lowest BCUT2D eigenvalue weighted by molar-refractivity contribution is -0.0575. The molecule has 0 bridgehead atoms.